The van der Waals surface area contributed by atoms with Gasteiger partial charge in [-0.25, -0.2) is 14.6 Å². The summed E-state index contributed by atoms with van der Waals surface area (Å²) in [4.78, 5) is 8.26. The molecule has 3 aromatic rings. The molecule has 21 heavy (non-hydrogen) atoms. The largest absolute Gasteiger partial charge is 0.383 e. The van der Waals surface area contributed by atoms with Crippen LogP contribution in [-0.4, -0.2) is 26.0 Å². The van der Waals surface area contributed by atoms with Crippen molar-refractivity contribution < 1.29 is 0 Å². The van der Waals surface area contributed by atoms with E-state index in [0.29, 0.717) is 11.5 Å². The Bertz CT molecular complexity index is 828. The van der Waals surface area contributed by atoms with Crippen molar-refractivity contribution in [3.8, 4) is 5.69 Å². The summed E-state index contributed by atoms with van der Waals surface area (Å²) in [6, 6.07) is 8.36. The number of anilines is 1. The summed E-state index contributed by atoms with van der Waals surface area (Å²) < 4.78 is 1.77. The molecular weight excluding hydrogens is 266 g/mol. The summed E-state index contributed by atoms with van der Waals surface area (Å²) in [5.41, 5.74) is 11.7. The van der Waals surface area contributed by atoms with Gasteiger partial charge in [0.1, 0.15) is 12.1 Å². The van der Waals surface area contributed by atoms with Crippen molar-refractivity contribution in [1.82, 2.24) is 25.2 Å². The van der Waals surface area contributed by atoms with E-state index in [1.165, 1.54) is 6.33 Å². The van der Waals surface area contributed by atoms with Gasteiger partial charge >= 0.3 is 0 Å². The Hall–Kier alpha value is -2.96. The SMILES string of the molecule is Nc1ncnc2c1cnn2-c1cccc(C2CC=NN2)c1. The normalized spacial score (nSPS) is 17.2. The zero-order chi connectivity index (χ0) is 14.2. The van der Waals surface area contributed by atoms with Crippen LogP contribution in [0.25, 0.3) is 16.7 Å². The minimum atomic E-state index is 0.214. The summed E-state index contributed by atoms with van der Waals surface area (Å²) in [6.07, 6.45) is 5.91. The Balaban J connectivity index is 1.81. The van der Waals surface area contributed by atoms with E-state index in [4.69, 9.17) is 5.73 Å². The zero-order valence-electron chi connectivity index (χ0n) is 11.1. The highest BCUT2D eigenvalue weighted by Gasteiger charge is 2.15. The van der Waals surface area contributed by atoms with Gasteiger partial charge in [-0.15, -0.1) is 0 Å². The standard InChI is InChI=1S/C14H13N7/c15-13-11-7-19-21(14(11)17-8-16-13)10-3-1-2-9(6-10)12-4-5-18-20-12/h1-3,5-8,12,20H,4H2,(H2,15,16,17). The van der Waals surface area contributed by atoms with Crippen molar-refractivity contribution >= 4 is 23.1 Å². The van der Waals surface area contributed by atoms with Crippen molar-refractivity contribution in [3.05, 3.63) is 42.4 Å². The van der Waals surface area contributed by atoms with Crippen LogP contribution in [-0.2, 0) is 0 Å². The molecule has 3 heterocycles. The minimum absolute atomic E-state index is 0.214. The lowest BCUT2D eigenvalue weighted by Gasteiger charge is -2.11. The van der Waals surface area contributed by atoms with E-state index in [1.54, 1.807) is 10.9 Å². The highest BCUT2D eigenvalue weighted by molar-refractivity contribution is 5.85. The van der Waals surface area contributed by atoms with Crippen molar-refractivity contribution in [2.24, 2.45) is 5.10 Å². The molecule has 1 unspecified atom stereocenters. The second-order valence-corrected chi connectivity index (χ2v) is 4.88. The first-order chi connectivity index (χ1) is 10.3. The fraction of sp³-hybridized carbons (Fsp3) is 0.143. The molecule has 1 aromatic carbocycles. The van der Waals surface area contributed by atoms with E-state index in [1.807, 2.05) is 18.3 Å². The number of nitrogens with one attached hydrogen (secondary N) is 1. The third-order valence-corrected chi connectivity index (χ3v) is 3.58. The number of nitrogen functional groups attached to an aromatic ring is 1. The lowest BCUT2D eigenvalue weighted by Crippen LogP contribution is -2.10. The fourth-order valence-corrected chi connectivity index (χ4v) is 2.49. The van der Waals surface area contributed by atoms with Gasteiger partial charge in [0.2, 0.25) is 0 Å². The molecule has 1 aliphatic rings. The summed E-state index contributed by atoms with van der Waals surface area (Å²) in [5, 5.41) is 9.19. The van der Waals surface area contributed by atoms with Crippen molar-refractivity contribution in [3.63, 3.8) is 0 Å². The number of hydrogen-bond acceptors (Lipinski definition) is 6. The summed E-state index contributed by atoms with van der Waals surface area (Å²) in [6.45, 7) is 0. The number of nitrogens with zero attached hydrogens (tertiary/aromatic N) is 5. The molecule has 0 radical (unpaired) electrons. The molecule has 1 aliphatic heterocycles. The smallest absolute Gasteiger partial charge is 0.168 e. The molecular formula is C14H13N7. The number of nitrogens with two attached hydrogens (primary N) is 1. The summed E-state index contributed by atoms with van der Waals surface area (Å²) in [7, 11) is 0. The van der Waals surface area contributed by atoms with E-state index in [9.17, 15) is 0 Å². The fourth-order valence-electron chi connectivity index (χ4n) is 2.49. The molecule has 0 saturated heterocycles. The van der Waals surface area contributed by atoms with Gasteiger partial charge in [-0.2, -0.15) is 10.2 Å². The molecule has 1 atom stereocenters. The number of aromatic nitrogens is 4. The van der Waals surface area contributed by atoms with Gasteiger partial charge in [0, 0.05) is 12.6 Å². The van der Waals surface area contributed by atoms with Crippen LogP contribution in [0.1, 0.15) is 18.0 Å². The van der Waals surface area contributed by atoms with E-state index in [0.717, 1.165) is 23.1 Å². The van der Waals surface area contributed by atoms with Crippen LogP contribution in [0.15, 0.2) is 41.9 Å². The molecule has 2 aromatic heterocycles. The predicted octanol–water partition coefficient (Wildman–Crippen LogP) is 1.42. The second kappa shape index (κ2) is 4.55. The maximum Gasteiger partial charge on any atom is 0.168 e. The van der Waals surface area contributed by atoms with E-state index in [-0.39, 0.29) is 6.04 Å². The maximum atomic E-state index is 5.85. The van der Waals surface area contributed by atoms with Gasteiger partial charge in [-0.05, 0) is 17.7 Å². The highest BCUT2D eigenvalue weighted by Crippen LogP contribution is 2.24. The van der Waals surface area contributed by atoms with Crippen molar-refractivity contribution in [2.75, 3.05) is 5.73 Å². The Kier molecular flexibility index (Phi) is 2.56. The second-order valence-electron chi connectivity index (χ2n) is 4.88. The molecule has 0 aliphatic carbocycles. The molecule has 0 fully saturated rings. The average Bonchev–Trinajstić information content (AvgIpc) is 3.18. The topological polar surface area (TPSA) is 94.0 Å². The number of hydrazone groups is 1. The predicted molar refractivity (Wildman–Crippen MR) is 80.1 cm³/mol. The molecule has 0 saturated carbocycles. The third-order valence-electron chi connectivity index (χ3n) is 3.58. The first-order valence-electron chi connectivity index (χ1n) is 6.64. The number of rotatable bonds is 2. The molecule has 4 rings (SSSR count). The monoisotopic (exact) mass is 279 g/mol. The summed E-state index contributed by atoms with van der Waals surface area (Å²) >= 11 is 0. The quantitative estimate of drug-likeness (QED) is 0.739. The highest BCUT2D eigenvalue weighted by atomic mass is 15.3. The van der Waals surface area contributed by atoms with Gasteiger partial charge < -0.3 is 11.2 Å². The van der Waals surface area contributed by atoms with E-state index >= 15 is 0 Å². The lowest BCUT2D eigenvalue weighted by atomic mass is 10.1. The number of fused-ring (bicyclic) bond motifs is 1. The van der Waals surface area contributed by atoms with Crippen molar-refractivity contribution in [2.45, 2.75) is 12.5 Å². The zero-order valence-corrected chi connectivity index (χ0v) is 11.1. The Morgan fingerprint density at radius 3 is 3.10 bits per heavy atom. The Morgan fingerprint density at radius 1 is 1.29 bits per heavy atom. The van der Waals surface area contributed by atoms with Gasteiger partial charge in [0.05, 0.1) is 23.3 Å². The maximum absolute atomic E-state index is 5.85. The van der Waals surface area contributed by atoms with Gasteiger partial charge in [-0.3, -0.25) is 0 Å². The molecule has 0 bridgehead atoms. The van der Waals surface area contributed by atoms with Crippen LogP contribution in [0.2, 0.25) is 0 Å². The Labute approximate surface area is 120 Å². The van der Waals surface area contributed by atoms with Crippen LogP contribution >= 0.6 is 0 Å². The third kappa shape index (κ3) is 1.90. The van der Waals surface area contributed by atoms with Gasteiger partial charge in [-0.1, -0.05) is 12.1 Å². The first-order valence-corrected chi connectivity index (χ1v) is 6.64. The van der Waals surface area contributed by atoms with Gasteiger partial charge in [0.25, 0.3) is 0 Å². The Morgan fingerprint density at radius 2 is 2.24 bits per heavy atom. The van der Waals surface area contributed by atoms with Crippen LogP contribution in [0.4, 0.5) is 5.82 Å². The van der Waals surface area contributed by atoms with Crippen molar-refractivity contribution in [1.29, 1.82) is 0 Å². The van der Waals surface area contributed by atoms with Crippen LogP contribution in [0.5, 0.6) is 0 Å². The molecule has 3 N–H and O–H groups in total. The number of benzene rings is 1. The van der Waals surface area contributed by atoms with E-state index < -0.39 is 0 Å². The lowest BCUT2D eigenvalue weighted by molar-refractivity contribution is 0.619. The van der Waals surface area contributed by atoms with Gasteiger partial charge in [0.15, 0.2) is 5.65 Å². The minimum Gasteiger partial charge on any atom is -0.383 e. The summed E-state index contributed by atoms with van der Waals surface area (Å²) in [5.74, 6) is 0.438. The molecule has 7 heteroatoms. The molecule has 104 valence electrons. The first kappa shape index (κ1) is 11.8. The average molecular weight is 279 g/mol. The van der Waals surface area contributed by atoms with Crippen LogP contribution in [0.3, 0.4) is 0 Å². The van der Waals surface area contributed by atoms with Crippen LogP contribution < -0.4 is 11.2 Å². The van der Waals surface area contributed by atoms with Crippen LogP contribution in [0, 0.1) is 0 Å². The number of hydrogen-bond donors (Lipinski definition) is 2. The van der Waals surface area contributed by atoms with E-state index in [2.05, 4.69) is 37.7 Å². The molecule has 0 amide bonds. The molecule has 7 nitrogen and oxygen atoms in total. The molecule has 0 spiro atoms.